The summed E-state index contributed by atoms with van der Waals surface area (Å²) in [7, 11) is 9.53. The van der Waals surface area contributed by atoms with Crippen LogP contribution in [0.4, 0.5) is 11.4 Å². The maximum atomic E-state index is 6.81. The van der Waals surface area contributed by atoms with Crippen molar-refractivity contribution in [3.63, 3.8) is 0 Å². The van der Waals surface area contributed by atoms with Gasteiger partial charge in [-0.25, -0.2) is 0 Å². The fourth-order valence-corrected chi connectivity index (χ4v) is 9.06. The number of hydrogen-bond donors (Lipinski definition) is 0. The van der Waals surface area contributed by atoms with Crippen LogP contribution in [0.5, 0.6) is 5.75 Å². The summed E-state index contributed by atoms with van der Waals surface area (Å²) in [6.07, 6.45) is 27.9. The second-order valence-electron chi connectivity index (χ2n) is 17.9. The first-order valence-electron chi connectivity index (χ1n) is 24.4. The molecule has 1 fully saturated rings. The van der Waals surface area contributed by atoms with Gasteiger partial charge in [0.2, 0.25) is 0 Å². The summed E-state index contributed by atoms with van der Waals surface area (Å²) in [6, 6.07) is 30.5. The molecule has 7 heteroatoms. The molecule has 0 aliphatic carbocycles. The molecule has 2 atom stereocenters. The van der Waals surface area contributed by atoms with E-state index in [-0.39, 0.29) is 25.2 Å². The molecule has 1 saturated heterocycles. The molecule has 0 amide bonds. The fourth-order valence-electron chi connectivity index (χ4n) is 9.06. The first-order valence-corrected chi connectivity index (χ1v) is 27.4. The number of hydrogen-bond acceptors (Lipinski definition) is 3. The van der Waals surface area contributed by atoms with Crippen molar-refractivity contribution in [3.8, 4) is 28.0 Å². The molecule has 0 aromatic heterocycles. The van der Waals surface area contributed by atoms with E-state index in [1.807, 2.05) is 0 Å². The van der Waals surface area contributed by atoms with E-state index in [0.717, 1.165) is 76.5 Å². The van der Waals surface area contributed by atoms with Crippen LogP contribution in [-0.2, 0) is 13.1 Å². The molecule has 0 bridgehead atoms. The van der Waals surface area contributed by atoms with Gasteiger partial charge < -0.3 is 10.1 Å². The standard InChI is InChI=1S/C56H78N3O.2ClH.Fe/c1-7-8-9-10-11-12-13-14-15-16-17-18-19-20-21-22-23-30-38-60-56-51(48-32-26-24-27-33-48)41-50(42-52(56)49-34-28-25-29-35-49)57-46(5)53-36-31-37-54(59-53)47(6)58-55-44(3)39-43(2)40-45(55)4;;;/h24-29,32-35,39-42,53-54H,7-23,30-31,36-38H2,1-6H3;2*1H;/q-1;;;+3/p-2. The summed E-state index contributed by atoms with van der Waals surface area (Å²) in [4.78, 5) is 10.5. The van der Waals surface area contributed by atoms with Crippen molar-refractivity contribution < 1.29 is 17.9 Å². The van der Waals surface area contributed by atoms with Crippen LogP contribution >= 0.6 is 20.2 Å². The van der Waals surface area contributed by atoms with Gasteiger partial charge in [0.05, 0.1) is 18.0 Å². The van der Waals surface area contributed by atoms with Gasteiger partial charge in [0, 0.05) is 11.1 Å². The van der Waals surface area contributed by atoms with E-state index in [1.165, 1.54) is 126 Å². The van der Waals surface area contributed by atoms with E-state index in [2.05, 4.69) is 126 Å². The second-order valence-corrected chi connectivity index (χ2v) is 19.7. The number of benzene rings is 4. The Morgan fingerprint density at radius 2 is 0.984 bits per heavy atom. The average molecular weight is 936 g/mol. The van der Waals surface area contributed by atoms with Gasteiger partial charge in [-0.15, -0.1) is 0 Å². The molecule has 0 radical (unpaired) electrons. The summed E-state index contributed by atoms with van der Waals surface area (Å²) in [5.74, 6) is 0.951. The number of aliphatic imine (C=N–C) groups is 2. The molecule has 0 saturated carbocycles. The molecule has 1 aliphatic heterocycles. The Morgan fingerprint density at radius 3 is 1.41 bits per heavy atom. The van der Waals surface area contributed by atoms with Gasteiger partial charge in [0.1, 0.15) is 5.75 Å². The zero-order valence-electron chi connectivity index (χ0n) is 39.7. The molecule has 63 heavy (non-hydrogen) atoms. The third-order valence-electron chi connectivity index (χ3n) is 12.5. The first-order chi connectivity index (χ1) is 30.7. The fraction of sp³-hybridized carbons (Fsp3) is 0.536. The maximum absolute atomic E-state index is 6.81. The van der Waals surface area contributed by atoms with E-state index >= 15 is 0 Å². The van der Waals surface area contributed by atoms with Gasteiger partial charge in [0.25, 0.3) is 0 Å². The van der Waals surface area contributed by atoms with Crippen LogP contribution in [-0.4, -0.2) is 30.1 Å². The van der Waals surface area contributed by atoms with Crippen molar-refractivity contribution in [1.82, 2.24) is 0 Å². The Bertz CT molecular complexity index is 1850. The van der Waals surface area contributed by atoms with Crippen molar-refractivity contribution in [2.24, 2.45) is 9.98 Å². The van der Waals surface area contributed by atoms with Crippen molar-refractivity contribution in [2.45, 2.75) is 188 Å². The predicted octanol–water partition coefficient (Wildman–Crippen LogP) is 18.9. The molecule has 2 unspecified atom stereocenters. The van der Waals surface area contributed by atoms with Gasteiger partial charge in [-0.05, 0) is 86.8 Å². The number of nitrogens with zero attached hydrogens (tertiary/aromatic N) is 3. The Balaban J connectivity index is 0.00000282. The van der Waals surface area contributed by atoms with E-state index in [4.69, 9.17) is 40.2 Å². The zero-order valence-corrected chi connectivity index (χ0v) is 42.3. The molecule has 5 rings (SSSR count). The van der Waals surface area contributed by atoms with Crippen molar-refractivity contribution in [1.29, 1.82) is 0 Å². The van der Waals surface area contributed by atoms with Gasteiger partial charge >= 0.3 is 33.3 Å². The number of ether oxygens (including phenoxy) is 1. The Morgan fingerprint density at radius 1 is 0.587 bits per heavy atom. The number of halogens is 2. The molecule has 0 N–H and O–H groups in total. The third-order valence-corrected chi connectivity index (χ3v) is 12.5. The van der Waals surface area contributed by atoms with E-state index in [9.17, 15) is 0 Å². The van der Waals surface area contributed by atoms with E-state index in [0.29, 0.717) is 6.61 Å². The molecule has 4 nitrogen and oxygen atoms in total. The van der Waals surface area contributed by atoms with E-state index < -0.39 is 0 Å². The Labute approximate surface area is 398 Å². The Kier molecular flexibility index (Phi) is 26.0. The molecule has 1 aliphatic rings. The van der Waals surface area contributed by atoms with Crippen LogP contribution in [0.15, 0.2) is 94.9 Å². The van der Waals surface area contributed by atoms with Crippen LogP contribution in [0.3, 0.4) is 0 Å². The van der Waals surface area contributed by atoms with Gasteiger partial charge in [0.15, 0.2) is 0 Å². The van der Waals surface area contributed by atoms with Crippen LogP contribution in [0, 0.1) is 20.8 Å². The number of unbranched alkanes of at least 4 members (excludes halogenated alkanes) is 17. The van der Waals surface area contributed by atoms with Crippen molar-refractivity contribution in [3.05, 3.63) is 107 Å². The quantitative estimate of drug-likeness (QED) is 0.0352. The monoisotopic (exact) mass is 934 g/mol. The number of aryl methyl sites for hydroxylation is 3. The minimum absolute atomic E-state index is 0.0647. The molecule has 0 spiro atoms. The van der Waals surface area contributed by atoms with E-state index in [1.54, 1.807) is 0 Å². The third kappa shape index (κ3) is 19.2. The van der Waals surface area contributed by atoms with Crippen LogP contribution < -0.4 is 4.74 Å². The van der Waals surface area contributed by atoms with Crippen molar-refractivity contribution >= 4 is 43.0 Å². The topological polar surface area (TPSA) is 48.1 Å². The molecule has 1 heterocycles. The zero-order chi connectivity index (χ0) is 45.1. The molecule has 4 aromatic carbocycles. The van der Waals surface area contributed by atoms with Crippen LogP contribution in [0.2, 0.25) is 0 Å². The van der Waals surface area contributed by atoms with Gasteiger partial charge in [-0.3, -0.25) is 9.98 Å². The first kappa shape index (κ1) is 52.7. The van der Waals surface area contributed by atoms with Crippen LogP contribution in [0.25, 0.3) is 27.6 Å². The SMILES string of the molecule is CCCCCCCCCCCCCCCCCCCCOc1c(-c2ccccc2)cc(N=C(C)C2CCCC(C(C)=Nc3c(C)cc(C)cc3C)[N-]2)cc1-c1ccccc1.[Cl][Fe+][Cl]. The molecule has 345 valence electrons. The van der Waals surface area contributed by atoms with Gasteiger partial charge in [-0.1, -0.05) is 226 Å². The summed E-state index contributed by atoms with van der Waals surface area (Å²) < 4.78 is 6.81. The van der Waals surface area contributed by atoms with Gasteiger partial charge in [-0.2, -0.15) is 0 Å². The number of rotatable bonds is 26. The minimum atomic E-state index is 0.0647. The molecule has 4 aromatic rings. The average Bonchev–Trinajstić information content (AvgIpc) is 3.29. The summed E-state index contributed by atoms with van der Waals surface area (Å²) in [5.41, 5.74) is 12.4. The Hall–Kier alpha value is -2.92. The van der Waals surface area contributed by atoms with Crippen molar-refractivity contribution in [2.75, 3.05) is 6.61 Å². The molecular weight excluding hydrogens is 857 g/mol. The second kappa shape index (κ2) is 31.1. The normalized spacial score (nSPS) is 15.6. The summed E-state index contributed by atoms with van der Waals surface area (Å²) in [5, 5.41) is 5.36. The van der Waals surface area contributed by atoms with Crippen LogP contribution in [0.1, 0.15) is 172 Å². The predicted molar refractivity (Wildman–Crippen MR) is 274 cm³/mol. The summed E-state index contributed by atoms with van der Waals surface area (Å²) >= 11 is 0.194. The molecular formula is C56H78Cl2FeN3O. The summed E-state index contributed by atoms with van der Waals surface area (Å²) in [6.45, 7) is 13.8. The number of piperidine rings is 1.